The predicted octanol–water partition coefficient (Wildman–Crippen LogP) is 3.63. The van der Waals surface area contributed by atoms with Crippen LogP contribution in [0.5, 0.6) is 17.2 Å². The molecule has 2 aromatic carbocycles. The fourth-order valence-electron chi connectivity index (χ4n) is 1.51. The van der Waals surface area contributed by atoms with Gasteiger partial charge in [-0.15, -0.1) is 0 Å². The lowest BCUT2D eigenvalue weighted by Gasteiger charge is -2.08. The maximum Gasteiger partial charge on any atom is 0.160 e. The zero-order valence-corrected chi connectivity index (χ0v) is 10.6. The van der Waals surface area contributed by atoms with Gasteiger partial charge in [0.25, 0.3) is 0 Å². The molecule has 0 amide bonds. The Kier molecular flexibility index (Phi) is 3.95. The summed E-state index contributed by atoms with van der Waals surface area (Å²) in [6.45, 7) is 0.401. The average molecular weight is 265 g/mol. The fraction of sp³-hybridized carbons (Fsp3) is 0.143. The topological polar surface area (TPSA) is 38.7 Å². The number of hydrogen-bond acceptors (Lipinski definition) is 3. The Morgan fingerprint density at radius 3 is 2.50 bits per heavy atom. The minimum atomic E-state index is 0.118. The van der Waals surface area contributed by atoms with E-state index in [1.807, 2.05) is 0 Å². The smallest absolute Gasteiger partial charge is 0.160 e. The number of hydrogen-bond donors (Lipinski definition) is 1. The van der Waals surface area contributed by atoms with E-state index in [1.54, 1.807) is 42.5 Å². The first kappa shape index (κ1) is 12.6. The molecule has 0 radical (unpaired) electrons. The van der Waals surface area contributed by atoms with Crippen molar-refractivity contribution in [1.82, 2.24) is 0 Å². The number of ether oxygens (including phenoxy) is 2. The van der Waals surface area contributed by atoms with Crippen LogP contribution in [0.25, 0.3) is 0 Å². The molecule has 0 unspecified atom stereocenters. The van der Waals surface area contributed by atoms with Gasteiger partial charge in [0.1, 0.15) is 12.4 Å². The third-order valence-corrected chi connectivity index (χ3v) is 2.72. The molecule has 18 heavy (non-hydrogen) atoms. The zero-order valence-electron chi connectivity index (χ0n) is 9.89. The first-order chi connectivity index (χ1) is 8.69. The van der Waals surface area contributed by atoms with Gasteiger partial charge < -0.3 is 14.6 Å². The Hall–Kier alpha value is -1.87. The van der Waals surface area contributed by atoms with Gasteiger partial charge in [-0.2, -0.15) is 0 Å². The standard InChI is InChI=1S/C14H13ClO3/c1-17-14-8-10(2-7-13(14)16)9-18-12-5-3-11(15)4-6-12/h2-8,16H,9H2,1H3. The van der Waals surface area contributed by atoms with Crippen LogP contribution in [0.1, 0.15) is 5.56 Å². The summed E-state index contributed by atoms with van der Waals surface area (Å²) < 4.78 is 10.6. The summed E-state index contributed by atoms with van der Waals surface area (Å²) in [6, 6.07) is 12.3. The Labute approximate surface area is 111 Å². The predicted molar refractivity (Wildman–Crippen MR) is 70.4 cm³/mol. The molecular formula is C14H13ClO3. The van der Waals surface area contributed by atoms with Gasteiger partial charge in [-0.3, -0.25) is 0 Å². The maximum atomic E-state index is 9.47. The first-order valence-corrected chi connectivity index (χ1v) is 5.81. The van der Waals surface area contributed by atoms with Gasteiger partial charge in [0, 0.05) is 5.02 Å². The fourth-order valence-corrected chi connectivity index (χ4v) is 1.64. The van der Waals surface area contributed by atoms with E-state index in [-0.39, 0.29) is 5.75 Å². The lowest BCUT2D eigenvalue weighted by atomic mass is 10.2. The van der Waals surface area contributed by atoms with Crippen molar-refractivity contribution in [3.05, 3.63) is 53.1 Å². The lowest BCUT2D eigenvalue weighted by molar-refractivity contribution is 0.304. The number of phenolic OH excluding ortho intramolecular Hbond substituents is 1. The van der Waals surface area contributed by atoms with E-state index in [1.165, 1.54) is 7.11 Å². The summed E-state index contributed by atoms with van der Waals surface area (Å²) in [5, 5.41) is 10.1. The molecule has 2 rings (SSSR count). The average Bonchev–Trinajstić information content (AvgIpc) is 2.39. The molecule has 3 nitrogen and oxygen atoms in total. The van der Waals surface area contributed by atoms with Crippen molar-refractivity contribution in [1.29, 1.82) is 0 Å². The van der Waals surface area contributed by atoms with Crippen molar-refractivity contribution in [2.45, 2.75) is 6.61 Å². The Bertz CT molecular complexity index is 523. The van der Waals surface area contributed by atoms with Crippen molar-refractivity contribution < 1.29 is 14.6 Å². The van der Waals surface area contributed by atoms with Crippen LogP contribution in [0.2, 0.25) is 5.02 Å². The van der Waals surface area contributed by atoms with E-state index in [9.17, 15) is 5.11 Å². The van der Waals surface area contributed by atoms with E-state index < -0.39 is 0 Å². The molecule has 0 aliphatic rings. The maximum absolute atomic E-state index is 9.47. The highest BCUT2D eigenvalue weighted by Crippen LogP contribution is 2.27. The summed E-state index contributed by atoms with van der Waals surface area (Å²) in [5.74, 6) is 1.30. The third kappa shape index (κ3) is 3.08. The van der Waals surface area contributed by atoms with Crippen molar-refractivity contribution >= 4 is 11.6 Å². The summed E-state index contributed by atoms with van der Waals surface area (Å²) in [7, 11) is 1.51. The van der Waals surface area contributed by atoms with Gasteiger partial charge in [-0.1, -0.05) is 17.7 Å². The molecule has 0 saturated carbocycles. The second-order valence-electron chi connectivity index (χ2n) is 3.75. The van der Waals surface area contributed by atoms with E-state index in [0.29, 0.717) is 17.4 Å². The van der Waals surface area contributed by atoms with E-state index >= 15 is 0 Å². The number of rotatable bonds is 4. The van der Waals surface area contributed by atoms with Gasteiger partial charge in [-0.25, -0.2) is 0 Å². The van der Waals surface area contributed by atoms with Crippen LogP contribution in [0.15, 0.2) is 42.5 Å². The second-order valence-corrected chi connectivity index (χ2v) is 4.19. The normalized spacial score (nSPS) is 10.1. The molecule has 2 aromatic rings. The van der Waals surface area contributed by atoms with E-state index in [2.05, 4.69) is 0 Å². The van der Waals surface area contributed by atoms with Crippen LogP contribution >= 0.6 is 11.6 Å². The van der Waals surface area contributed by atoms with Crippen molar-refractivity contribution in [2.24, 2.45) is 0 Å². The number of phenols is 1. The Morgan fingerprint density at radius 1 is 1.11 bits per heavy atom. The van der Waals surface area contributed by atoms with Gasteiger partial charge in [0.15, 0.2) is 11.5 Å². The van der Waals surface area contributed by atoms with Crippen molar-refractivity contribution in [2.75, 3.05) is 7.11 Å². The molecule has 0 heterocycles. The molecule has 0 saturated heterocycles. The highest BCUT2D eigenvalue weighted by molar-refractivity contribution is 6.30. The highest BCUT2D eigenvalue weighted by Gasteiger charge is 2.03. The van der Waals surface area contributed by atoms with Crippen molar-refractivity contribution in [3.63, 3.8) is 0 Å². The first-order valence-electron chi connectivity index (χ1n) is 5.43. The monoisotopic (exact) mass is 264 g/mol. The number of halogens is 1. The van der Waals surface area contributed by atoms with E-state index in [0.717, 1.165) is 11.3 Å². The summed E-state index contributed by atoms with van der Waals surface area (Å²) in [5.41, 5.74) is 0.916. The lowest BCUT2D eigenvalue weighted by Crippen LogP contribution is -1.96. The summed E-state index contributed by atoms with van der Waals surface area (Å²) >= 11 is 5.79. The molecule has 0 aromatic heterocycles. The van der Waals surface area contributed by atoms with Gasteiger partial charge in [0.05, 0.1) is 7.11 Å². The summed E-state index contributed by atoms with van der Waals surface area (Å²) in [6.07, 6.45) is 0. The number of benzene rings is 2. The van der Waals surface area contributed by atoms with Gasteiger partial charge >= 0.3 is 0 Å². The molecule has 94 valence electrons. The van der Waals surface area contributed by atoms with E-state index in [4.69, 9.17) is 21.1 Å². The largest absolute Gasteiger partial charge is 0.504 e. The van der Waals surface area contributed by atoms with Crippen LogP contribution in [0, 0.1) is 0 Å². The molecule has 0 spiro atoms. The Morgan fingerprint density at radius 2 is 1.83 bits per heavy atom. The minimum Gasteiger partial charge on any atom is -0.504 e. The van der Waals surface area contributed by atoms with Crippen LogP contribution < -0.4 is 9.47 Å². The molecule has 0 aliphatic carbocycles. The molecule has 0 bridgehead atoms. The molecular weight excluding hydrogens is 252 g/mol. The number of methoxy groups -OCH3 is 1. The van der Waals surface area contributed by atoms with Crippen LogP contribution in [0.3, 0.4) is 0 Å². The number of aromatic hydroxyl groups is 1. The molecule has 0 aliphatic heterocycles. The SMILES string of the molecule is COc1cc(COc2ccc(Cl)cc2)ccc1O. The highest BCUT2D eigenvalue weighted by atomic mass is 35.5. The molecule has 4 heteroatoms. The molecule has 0 fully saturated rings. The zero-order chi connectivity index (χ0) is 13.0. The van der Waals surface area contributed by atoms with Gasteiger partial charge in [-0.05, 0) is 42.0 Å². The van der Waals surface area contributed by atoms with Crippen LogP contribution in [-0.2, 0) is 6.61 Å². The van der Waals surface area contributed by atoms with Gasteiger partial charge in [0.2, 0.25) is 0 Å². The van der Waals surface area contributed by atoms with Crippen LogP contribution in [0.4, 0.5) is 0 Å². The quantitative estimate of drug-likeness (QED) is 0.916. The second kappa shape index (κ2) is 5.65. The minimum absolute atomic E-state index is 0.118. The Balaban J connectivity index is 2.04. The third-order valence-electron chi connectivity index (χ3n) is 2.46. The molecule has 1 N–H and O–H groups in total. The summed E-state index contributed by atoms with van der Waals surface area (Å²) in [4.78, 5) is 0. The van der Waals surface area contributed by atoms with Crippen LogP contribution in [-0.4, -0.2) is 12.2 Å². The van der Waals surface area contributed by atoms with Crippen molar-refractivity contribution in [3.8, 4) is 17.2 Å². The molecule has 0 atom stereocenters.